The Bertz CT molecular complexity index is 560. The lowest BCUT2D eigenvalue weighted by Gasteiger charge is -2.28. The number of rotatable bonds is 7. The second-order valence-electron chi connectivity index (χ2n) is 5.70. The summed E-state index contributed by atoms with van der Waals surface area (Å²) < 4.78 is 15.7. The van der Waals surface area contributed by atoms with Gasteiger partial charge in [-0.05, 0) is 30.5 Å². The van der Waals surface area contributed by atoms with Gasteiger partial charge in [0.1, 0.15) is 18.0 Å². The summed E-state index contributed by atoms with van der Waals surface area (Å²) in [5, 5.41) is 9.14. The van der Waals surface area contributed by atoms with Gasteiger partial charge in [0.25, 0.3) is 0 Å². The summed E-state index contributed by atoms with van der Waals surface area (Å²) in [5.74, 6) is -0.186. The average molecular weight is 337 g/mol. The van der Waals surface area contributed by atoms with E-state index >= 15 is 0 Å². The van der Waals surface area contributed by atoms with Gasteiger partial charge in [-0.2, -0.15) is 0 Å². The summed E-state index contributed by atoms with van der Waals surface area (Å²) in [6.07, 6.45) is 1.24. The summed E-state index contributed by atoms with van der Waals surface area (Å²) in [7, 11) is 3.08. The van der Waals surface area contributed by atoms with Crippen LogP contribution in [0, 0.1) is 5.92 Å². The standard InChI is InChI=1S/C17H23NO6/c1-22-14-7-12(8-15(9-14)23-2)10-18(11-16(19)20)17(21)13-3-5-24-6-4-13/h7-9,13H,3-6,10-11H2,1-2H3,(H,19,20). The highest BCUT2D eigenvalue weighted by Gasteiger charge is 2.27. The quantitative estimate of drug-likeness (QED) is 0.812. The molecule has 1 amide bonds. The summed E-state index contributed by atoms with van der Waals surface area (Å²) >= 11 is 0. The predicted octanol–water partition coefficient (Wildman–Crippen LogP) is 1.54. The van der Waals surface area contributed by atoms with Crippen LogP contribution in [0.1, 0.15) is 18.4 Å². The Morgan fingerprint density at radius 2 is 1.75 bits per heavy atom. The number of amides is 1. The maximum absolute atomic E-state index is 12.7. The third-order valence-electron chi connectivity index (χ3n) is 3.99. The minimum absolute atomic E-state index is 0.150. The summed E-state index contributed by atoms with van der Waals surface area (Å²) in [6, 6.07) is 5.27. The minimum atomic E-state index is -1.04. The molecule has 132 valence electrons. The van der Waals surface area contributed by atoms with Gasteiger partial charge in [-0.3, -0.25) is 9.59 Å². The highest BCUT2D eigenvalue weighted by Crippen LogP contribution is 2.25. The molecule has 1 aliphatic rings. The Balaban J connectivity index is 2.18. The molecule has 1 aromatic rings. The fraction of sp³-hybridized carbons (Fsp3) is 0.529. The monoisotopic (exact) mass is 337 g/mol. The van der Waals surface area contributed by atoms with E-state index in [1.807, 2.05) is 0 Å². The summed E-state index contributed by atoms with van der Waals surface area (Å²) in [4.78, 5) is 25.2. The molecule has 1 aromatic carbocycles. The van der Waals surface area contributed by atoms with E-state index in [1.54, 1.807) is 32.4 Å². The van der Waals surface area contributed by atoms with Crippen molar-refractivity contribution in [3.63, 3.8) is 0 Å². The average Bonchev–Trinajstić information content (AvgIpc) is 2.60. The lowest BCUT2D eigenvalue weighted by molar-refractivity contribution is -0.148. The molecule has 2 rings (SSSR count). The van der Waals surface area contributed by atoms with Crippen molar-refractivity contribution in [2.75, 3.05) is 34.0 Å². The topological polar surface area (TPSA) is 85.3 Å². The molecule has 7 heteroatoms. The van der Waals surface area contributed by atoms with Crippen molar-refractivity contribution in [3.8, 4) is 11.5 Å². The number of ether oxygens (including phenoxy) is 3. The molecule has 0 bridgehead atoms. The molecule has 0 aromatic heterocycles. The Labute approximate surface area is 141 Å². The maximum atomic E-state index is 12.7. The zero-order chi connectivity index (χ0) is 17.5. The van der Waals surface area contributed by atoms with Gasteiger partial charge in [0.2, 0.25) is 5.91 Å². The molecule has 1 N–H and O–H groups in total. The van der Waals surface area contributed by atoms with E-state index in [-0.39, 0.29) is 24.9 Å². The number of hydrogen-bond donors (Lipinski definition) is 1. The predicted molar refractivity (Wildman–Crippen MR) is 86.1 cm³/mol. The molecule has 1 saturated heterocycles. The van der Waals surface area contributed by atoms with Crippen LogP contribution >= 0.6 is 0 Å². The fourth-order valence-electron chi connectivity index (χ4n) is 2.76. The Morgan fingerprint density at radius 1 is 1.17 bits per heavy atom. The van der Waals surface area contributed by atoms with Crippen LogP contribution in [-0.2, 0) is 20.9 Å². The van der Waals surface area contributed by atoms with Gasteiger partial charge in [-0.15, -0.1) is 0 Å². The third kappa shape index (κ3) is 4.86. The van der Waals surface area contributed by atoms with Gasteiger partial charge in [0, 0.05) is 31.7 Å². The number of methoxy groups -OCH3 is 2. The van der Waals surface area contributed by atoms with Crippen LogP contribution in [-0.4, -0.2) is 55.9 Å². The Kier molecular flexibility index (Phi) is 6.43. The minimum Gasteiger partial charge on any atom is -0.497 e. The second-order valence-corrected chi connectivity index (χ2v) is 5.70. The molecule has 0 spiro atoms. The zero-order valence-corrected chi connectivity index (χ0v) is 14.0. The van der Waals surface area contributed by atoms with Crippen molar-refractivity contribution in [1.82, 2.24) is 4.90 Å². The van der Waals surface area contributed by atoms with Gasteiger partial charge in [0.15, 0.2) is 0 Å². The second kappa shape index (κ2) is 8.54. The molecule has 7 nitrogen and oxygen atoms in total. The molecule has 1 heterocycles. The lowest BCUT2D eigenvalue weighted by Crippen LogP contribution is -2.41. The Hall–Kier alpha value is -2.28. The van der Waals surface area contributed by atoms with E-state index in [2.05, 4.69) is 0 Å². The van der Waals surface area contributed by atoms with Crippen molar-refractivity contribution in [1.29, 1.82) is 0 Å². The SMILES string of the molecule is COc1cc(CN(CC(=O)O)C(=O)C2CCOCC2)cc(OC)c1. The van der Waals surface area contributed by atoms with E-state index in [4.69, 9.17) is 19.3 Å². The zero-order valence-electron chi connectivity index (χ0n) is 14.0. The van der Waals surface area contributed by atoms with Crippen LogP contribution in [0.25, 0.3) is 0 Å². The van der Waals surface area contributed by atoms with Crippen molar-refractivity contribution in [2.24, 2.45) is 5.92 Å². The van der Waals surface area contributed by atoms with E-state index in [0.29, 0.717) is 37.6 Å². The lowest BCUT2D eigenvalue weighted by atomic mass is 9.98. The van der Waals surface area contributed by atoms with E-state index < -0.39 is 5.97 Å². The van der Waals surface area contributed by atoms with Gasteiger partial charge < -0.3 is 24.2 Å². The largest absolute Gasteiger partial charge is 0.497 e. The number of nitrogens with zero attached hydrogens (tertiary/aromatic N) is 1. The van der Waals surface area contributed by atoms with Gasteiger partial charge in [-0.1, -0.05) is 0 Å². The normalized spacial score (nSPS) is 14.9. The molecule has 1 fully saturated rings. The maximum Gasteiger partial charge on any atom is 0.323 e. The number of hydrogen-bond acceptors (Lipinski definition) is 5. The number of carbonyl (C=O) groups excluding carboxylic acids is 1. The number of carboxylic acids is 1. The molecular weight excluding hydrogens is 314 g/mol. The third-order valence-corrected chi connectivity index (χ3v) is 3.99. The van der Waals surface area contributed by atoms with Gasteiger partial charge >= 0.3 is 5.97 Å². The first-order chi connectivity index (χ1) is 11.5. The van der Waals surface area contributed by atoms with Gasteiger partial charge in [-0.25, -0.2) is 0 Å². The van der Waals surface area contributed by atoms with E-state index in [0.717, 1.165) is 5.56 Å². The Morgan fingerprint density at radius 3 is 2.25 bits per heavy atom. The number of carboxylic acid groups (broad SMARTS) is 1. The molecule has 0 unspecified atom stereocenters. The van der Waals surface area contributed by atoms with Crippen molar-refractivity contribution < 1.29 is 28.9 Å². The highest BCUT2D eigenvalue weighted by atomic mass is 16.5. The first-order valence-electron chi connectivity index (χ1n) is 7.83. The molecule has 24 heavy (non-hydrogen) atoms. The molecule has 0 atom stereocenters. The van der Waals surface area contributed by atoms with Crippen LogP contribution < -0.4 is 9.47 Å². The molecule has 1 aliphatic heterocycles. The van der Waals surface area contributed by atoms with Crippen LogP contribution in [0.15, 0.2) is 18.2 Å². The number of benzene rings is 1. The highest BCUT2D eigenvalue weighted by molar-refractivity contribution is 5.83. The number of carbonyl (C=O) groups is 2. The molecule has 0 saturated carbocycles. The fourth-order valence-corrected chi connectivity index (χ4v) is 2.76. The van der Waals surface area contributed by atoms with Crippen molar-refractivity contribution >= 4 is 11.9 Å². The van der Waals surface area contributed by atoms with Crippen LogP contribution in [0.3, 0.4) is 0 Å². The first kappa shape index (κ1) is 18.1. The van der Waals surface area contributed by atoms with E-state index in [9.17, 15) is 9.59 Å². The van der Waals surface area contributed by atoms with Crippen molar-refractivity contribution in [3.05, 3.63) is 23.8 Å². The smallest absolute Gasteiger partial charge is 0.323 e. The molecular formula is C17H23NO6. The molecule has 0 radical (unpaired) electrons. The molecule has 0 aliphatic carbocycles. The summed E-state index contributed by atoms with van der Waals surface area (Å²) in [5.41, 5.74) is 0.757. The van der Waals surface area contributed by atoms with Crippen molar-refractivity contribution in [2.45, 2.75) is 19.4 Å². The summed E-state index contributed by atoms with van der Waals surface area (Å²) in [6.45, 7) is 0.917. The first-order valence-corrected chi connectivity index (χ1v) is 7.83. The van der Waals surface area contributed by atoms with Crippen LogP contribution in [0.4, 0.5) is 0 Å². The van der Waals surface area contributed by atoms with Gasteiger partial charge in [0.05, 0.1) is 14.2 Å². The van der Waals surface area contributed by atoms with E-state index in [1.165, 1.54) is 4.90 Å². The van der Waals surface area contributed by atoms with Crippen LogP contribution in [0.5, 0.6) is 11.5 Å². The number of aliphatic carboxylic acids is 1. The van der Waals surface area contributed by atoms with Crippen LogP contribution in [0.2, 0.25) is 0 Å².